The highest BCUT2D eigenvalue weighted by Gasteiger charge is 1.97. The molecule has 0 bridgehead atoms. The van der Waals surface area contributed by atoms with Crippen molar-refractivity contribution in [2.75, 3.05) is 0 Å². The van der Waals surface area contributed by atoms with Gasteiger partial charge >= 0.3 is 0 Å². The fourth-order valence-corrected chi connectivity index (χ4v) is 1.73. The van der Waals surface area contributed by atoms with E-state index in [1.54, 1.807) is 12.1 Å². The molecule has 1 rings (SSSR count). The van der Waals surface area contributed by atoms with Crippen LogP contribution in [0.5, 0.6) is 0 Å². The van der Waals surface area contributed by atoms with E-state index >= 15 is 0 Å². The third-order valence-electron chi connectivity index (χ3n) is 2.36. The number of benzene rings is 1. The lowest BCUT2D eigenvalue weighted by molar-refractivity contribution is -0.415. The summed E-state index contributed by atoms with van der Waals surface area (Å²) in [7, 11) is -4.27. The SMILES string of the molecule is CCCCC(C)[NH3+].Cc1ccc(S(=O)(=O)[O-])cc1. The first-order chi connectivity index (χ1) is 8.27. The van der Waals surface area contributed by atoms with Crippen molar-refractivity contribution in [3.63, 3.8) is 0 Å². The Hall–Kier alpha value is -0.910. The summed E-state index contributed by atoms with van der Waals surface area (Å²) in [5.74, 6) is 0. The molecule has 0 spiro atoms. The first-order valence-corrected chi connectivity index (χ1v) is 7.53. The number of unbranched alkanes of at least 4 members (excludes halogenated alkanes) is 1. The zero-order chi connectivity index (χ0) is 14.2. The van der Waals surface area contributed by atoms with E-state index in [1.165, 1.54) is 31.4 Å². The fourth-order valence-electron chi connectivity index (χ4n) is 1.26. The van der Waals surface area contributed by atoms with Crippen molar-refractivity contribution in [2.24, 2.45) is 0 Å². The topological polar surface area (TPSA) is 84.8 Å². The second-order valence-electron chi connectivity index (χ2n) is 4.51. The molecule has 1 atom stereocenters. The van der Waals surface area contributed by atoms with Crippen molar-refractivity contribution in [3.8, 4) is 0 Å². The van der Waals surface area contributed by atoms with Crippen LogP contribution in [0.3, 0.4) is 0 Å². The first kappa shape index (κ1) is 17.1. The minimum Gasteiger partial charge on any atom is -0.744 e. The van der Waals surface area contributed by atoms with Gasteiger partial charge in [0.15, 0.2) is 0 Å². The highest BCUT2D eigenvalue weighted by molar-refractivity contribution is 7.85. The molecule has 0 aromatic heterocycles. The second-order valence-corrected chi connectivity index (χ2v) is 5.89. The number of hydrogen-bond acceptors (Lipinski definition) is 3. The molecule has 18 heavy (non-hydrogen) atoms. The predicted octanol–water partition coefficient (Wildman–Crippen LogP) is 1.71. The Kier molecular flexibility index (Phi) is 7.82. The summed E-state index contributed by atoms with van der Waals surface area (Å²) in [5, 5.41) is 0. The average molecular weight is 273 g/mol. The number of hydrogen-bond donors (Lipinski definition) is 1. The number of aryl methyl sites for hydroxylation is 1. The molecular formula is C13H23NO3S. The van der Waals surface area contributed by atoms with E-state index in [4.69, 9.17) is 0 Å². The molecule has 1 unspecified atom stereocenters. The number of quaternary nitrogens is 1. The van der Waals surface area contributed by atoms with Crippen molar-refractivity contribution in [1.29, 1.82) is 0 Å². The zero-order valence-corrected chi connectivity index (χ0v) is 12.2. The standard InChI is InChI=1S/C7H8O3S.C6H15N/c1-6-2-4-7(5-3-6)11(8,9)10;1-3-4-5-6(2)7/h2-5H,1H3,(H,8,9,10);6H,3-5,7H2,1-2H3. The van der Waals surface area contributed by atoms with Gasteiger partial charge in [0, 0.05) is 0 Å². The van der Waals surface area contributed by atoms with Crippen molar-refractivity contribution in [2.45, 2.75) is 51.0 Å². The van der Waals surface area contributed by atoms with Crippen molar-refractivity contribution in [1.82, 2.24) is 0 Å². The molecule has 0 radical (unpaired) electrons. The molecule has 0 amide bonds. The molecule has 0 aliphatic rings. The van der Waals surface area contributed by atoms with Crippen LogP contribution in [0.15, 0.2) is 29.2 Å². The molecule has 0 aliphatic heterocycles. The lowest BCUT2D eigenvalue weighted by Crippen LogP contribution is -2.58. The third kappa shape index (κ3) is 8.22. The Morgan fingerprint density at radius 3 is 2.06 bits per heavy atom. The largest absolute Gasteiger partial charge is 0.744 e. The molecular weight excluding hydrogens is 250 g/mol. The van der Waals surface area contributed by atoms with Crippen LogP contribution in [0.2, 0.25) is 0 Å². The maximum atomic E-state index is 10.4. The Morgan fingerprint density at radius 2 is 1.78 bits per heavy atom. The smallest absolute Gasteiger partial charge is 0.124 e. The normalized spacial score (nSPS) is 12.5. The van der Waals surface area contributed by atoms with Crippen LogP contribution in [0.25, 0.3) is 0 Å². The van der Waals surface area contributed by atoms with E-state index in [-0.39, 0.29) is 4.90 Å². The molecule has 0 saturated carbocycles. The van der Waals surface area contributed by atoms with Gasteiger partial charge in [-0.2, -0.15) is 0 Å². The van der Waals surface area contributed by atoms with E-state index < -0.39 is 10.1 Å². The molecule has 3 N–H and O–H groups in total. The molecule has 5 heteroatoms. The van der Waals surface area contributed by atoms with Crippen molar-refractivity contribution >= 4 is 10.1 Å². The number of rotatable bonds is 4. The summed E-state index contributed by atoms with van der Waals surface area (Å²) < 4.78 is 31.2. The lowest BCUT2D eigenvalue weighted by Gasteiger charge is -2.05. The van der Waals surface area contributed by atoms with Gasteiger partial charge in [-0.15, -0.1) is 0 Å². The van der Waals surface area contributed by atoms with Gasteiger partial charge in [-0.25, -0.2) is 8.42 Å². The van der Waals surface area contributed by atoms with E-state index in [0.717, 1.165) is 5.56 Å². The molecule has 104 valence electrons. The van der Waals surface area contributed by atoms with Crippen LogP contribution in [0.1, 0.15) is 38.7 Å². The minimum atomic E-state index is -4.27. The fraction of sp³-hybridized carbons (Fsp3) is 0.538. The highest BCUT2D eigenvalue weighted by Crippen LogP contribution is 2.08. The van der Waals surface area contributed by atoms with Crippen molar-refractivity contribution in [3.05, 3.63) is 29.8 Å². The van der Waals surface area contributed by atoms with Crippen LogP contribution in [0, 0.1) is 6.92 Å². The second kappa shape index (κ2) is 8.24. The summed E-state index contributed by atoms with van der Waals surface area (Å²) in [6, 6.07) is 6.44. The molecule has 0 saturated heterocycles. The lowest BCUT2D eigenvalue weighted by atomic mass is 10.2. The van der Waals surface area contributed by atoms with Gasteiger partial charge in [0.25, 0.3) is 0 Å². The monoisotopic (exact) mass is 273 g/mol. The van der Waals surface area contributed by atoms with Crippen LogP contribution < -0.4 is 5.73 Å². The first-order valence-electron chi connectivity index (χ1n) is 6.13. The van der Waals surface area contributed by atoms with Gasteiger partial charge in [0.2, 0.25) is 0 Å². The van der Waals surface area contributed by atoms with Gasteiger partial charge < -0.3 is 10.3 Å². The minimum absolute atomic E-state index is 0.178. The maximum absolute atomic E-state index is 10.4. The average Bonchev–Trinajstić information content (AvgIpc) is 2.26. The van der Waals surface area contributed by atoms with E-state index in [9.17, 15) is 13.0 Å². The van der Waals surface area contributed by atoms with Gasteiger partial charge in [-0.3, -0.25) is 0 Å². The van der Waals surface area contributed by atoms with Crippen molar-refractivity contribution < 1.29 is 18.7 Å². The van der Waals surface area contributed by atoms with Gasteiger partial charge in [-0.05, 0) is 38.8 Å². The molecule has 1 aromatic carbocycles. The predicted molar refractivity (Wildman–Crippen MR) is 71.0 cm³/mol. The summed E-state index contributed by atoms with van der Waals surface area (Å²) >= 11 is 0. The Bertz CT molecular complexity index is 424. The molecule has 0 heterocycles. The van der Waals surface area contributed by atoms with Gasteiger partial charge in [0.05, 0.1) is 10.9 Å². The molecule has 0 fully saturated rings. The summed E-state index contributed by atoms with van der Waals surface area (Å²) in [5.41, 5.74) is 4.80. The Labute approximate surface area is 110 Å². The summed E-state index contributed by atoms with van der Waals surface area (Å²) in [4.78, 5) is -0.178. The Balaban J connectivity index is 0.000000360. The summed E-state index contributed by atoms with van der Waals surface area (Å²) in [6.07, 6.45) is 3.93. The van der Waals surface area contributed by atoms with Gasteiger partial charge in [0.1, 0.15) is 10.1 Å². The summed E-state index contributed by atoms with van der Waals surface area (Å²) in [6.45, 7) is 6.19. The highest BCUT2D eigenvalue weighted by atomic mass is 32.2. The molecule has 4 nitrogen and oxygen atoms in total. The van der Waals surface area contributed by atoms with Crippen LogP contribution >= 0.6 is 0 Å². The van der Waals surface area contributed by atoms with E-state index in [2.05, 4.69) is 19.6 Å². The Morgan fingerprint density at radius 1 is 1.28 bits per heavy atom. The quantitative estimate of drug-likeness (QED) is 0.847. The van der Waals surface area contributed by atoms with E-state index in [1.807, 2.05) is 6.92 Å². The van der Waals surface area contributed by atoms with Crippen LogP contribution in [-0.4, -0.2) is 19.0 Å². The molecule has 0 aliphatic carbocycles. The van der Waals surface area contributed by atoms with Gasteiger partial charge in [-0.1, -0.05) is 31.0 Å². The van der Waals surface area contributed by atoms with Crippen LogP contribution in [0.4, 0.5) is 0 Å². The third-order valence-corrected chi connectivity index (χ3v) is 3.21. The maximum Gasteiger partial charge on any atom is 0.124 e. The molecule has 1 aromatic rings. The van der Waals surface area contributed by atoms with E-state index in [0.29, 0.717) is 6.04 Å². The zero-order valence-electron chi connectivity index (χ0n) is 11.3. The van der Waals surface area contributed by atoms with Crippen LogP contribution in [-0.2, 0) is 10.1 Å².